The summed E-state index contributed by atoms with van der Waals surface area (Å²) in [5.41, 5.74) is 7.56. The number of rotatable bonds is 4. The molecule has 148 valence electrons. The fraction of sp³-hybridized carbons (Fsp3) is 0.444. The summed E-state index contributed by atoms with van der Waals surface area (Å²) in [4.78, 5) is 0. The molecular weight excluding hydrogens is 338 g/mol. The van der Waals surface area contributed by atoms with Crippen molar-refractivity contribution in [2.75, 3.05) is 0 Å². The summed E-state index contributed by atoms with van der Waals surface area (Å²) in [6, 6.07) is 14.3. The van der Waals surface area contributed by atoms with Gasteiger partial charge in [0.25, 0.3) is 0 Å². The molecule has 1 heterocycles. The van der Waals surface area contributed by atoms with Crippen LogP contribution in [0.1, 0.15) is 77.1 Å². The number of benzene rings is 2. The quantitative estimate of drug-likeness (QED) is 0.426. The summed E-state index contributed by atoms with van der Waals surface area (Å²) in [6.07, 6.45) is 2.27. The maximum absolute atomic E-state index is 8.81. The second-order valence-corrected chi connectivity index (χ2v) is 9.22. The first-order valence-corrected chi connectivity index (χ1v) is 10.6. The maximum atomic E-state index is 8.81. The van der Waals surface area contributed by atoms with E-state index in [4.69, 9.17) is 1.37 Å². The number of nitrogens with zero attached hydrogens (tertiary/aromatic N) is 1. The summed E-state index contributed by atoms with van der Waals surface area (Å²) >= 11 is 0. The molecule has 3 rings (SSSR count). The lowest BCUT2D eigenvalue weighted by Crippen LogP contribution is -2.35. The van der Waals surface area contributed by atoms with Crippen molar-refractivity contribution in [3.8, 4) is 11.3 Å². The van der Waals surface area contributed by atoms with Crippen LogP contribution in [-0.2, 0) is 12.5 Å². The van der Waals surface area contributed by atoms with Gasteiger partial charge in [-0.1, -0.05) is 58.9 Å². The van der Waals surface area contributed by atoms with E-state index in [-0.39, 0.29) is 5.41 Å². The molecule has 0 aliphatic heterocycles. The first-order valence-electron chi connectivity index (χ1n) is 11.1. The van der Waals surface area contributed by atoms with Crippen molar-refractivity contribution in [2.24, 2.45) is 7.05 Å². The molecule has 1 heteroatoms. The van der Waals surface area contributed by atoms with Gasteiger partial charge in [0.2, 0.25) is 5.69 Å². The van der Waals surface area contributed by atoms with E-state index < -0.39 is 0 Å². The van der Waals surface area contributed by atoms with E-state index in [1.807, 2.05) is 0 Å². The van der Waals surface area contributed by atoms with Gasteiger partial charge in [-0.15, -0.1) is 0 Å². The molecule has 1 aromatic heterocycles. The summed E-state index contributed by atoms with van der Waals surface area (Å²) in [5.74, 6) is 0.558. The van der Waals surface area contributed by atoms with Crippen LogP contribution in [0.3, 0.4) is 0 Å². The zero-order chi connectivity index (χ0) is 21.5. The minimum absolute atomic E-state index is 0.101. The Morgan fingerprint density at radius 3 is 2.29 bits per heavy atom. The van der Waals surface area contributed by atoms with Gasteiger partial charge < -0.3 is 0 Å². The SMILES string of the molecule is [2H]c1c(C)[n+](C)c(-c2cc(C(C)(C)C)ccc2C)c2ccc(C(CC)CC)cc12. The van der Waals surface area contributed by atoms with E-state index >= 15 is 0 Å². The van der Waals surface area contributed by atoms with Crippen LogP contribution in [-0.4, -0.2) is 0 Å². The molecule has 0 amide bonds. The molecule has 1 nitrogen and oxygen atoms in total. The largest absolute Gasteiger partial charge is 0.220 e. The van der Waals surface area contributed by atoms with Crippen molar-refractivity contribution in [1.82, 2.24) is 0 Å². The number of aryl methyl sites for hydroxylation is 1. The van der Waals surface area contributed by atoms with Crippen LogP contribution in [0.15, 0.2) is 42.4 Å². The van der Waals surface area contributed by atoms with Crippen LogP contribution in [0.5, 0.6) is 0 Å². The zero-order valence-electron chi connectivity index (χ0n) is 19.9. The van der Waals surface area contributed by atoms with Crippen LogP contribution < -0.4 is 4.57 Å². The Balaban J connectivity index is 2.37. The predicted molar refractivity (Wildman–Crippen MR) is 122 cm³/mol. The van der Waals surface area contributed by atoms with Crippen LogP contribution in [0, 0.1) is 13.8 Å². The second kappa shape index (κ2) is 7.70. The lowest BCUT2D eigenvalue weighted by molar-refractivity contribution is -0.665. The highest BCUT2D eigenvalue weighted by Crippen LogP contribution is 2.34. The molecule has 0 fully saturated rings. The molecule has 0 unspecified atom stereocenters. The van der Waals surface area contributed by atoms with Gasteiger partial charge in [-0.05, 0) is 65.3 Å². The Morgan fingerprint density at radius 2 is 1.68 bits per heavy atom. The van der Waals surface area contributed by atoms with E-state index in [2.05, 4.69) is 96.5 Å². The van der Waals surface area contributed by atoms with E-state index in [1.165, 1.54) is 33.3 Å². The number of fused-ring (bicyclic) bond motifs is 1. The standard InChI is InChI=1S/C27H36N/c1-9-20(10-2)21-12-14-24-22(16-21)15-19(4)28(8)26(24)25-17-23(27(5,6)7)13-11-18(25)3/h11-17,20H,9-10H2,1-8H3/q+1/i15D. The third kappa shape index (κ3) is 3.72. The third-order valence-corrected chi connectivity index (χ3v) is 6.27. The average Bonchev–Trinajstić information content (AvgIpc) is 2.68. The molecule has 0 atom stereocenters. The van der Waals surface area contributed by atoms with Crippen LogP contribution in [0.25, 0.3) is 22.0 Å². The summed E-state index contributed by atoms with van der Waals surface area (Å²) in [6.45, 7) is 15.6. The van der Waals surface area contributed by atoms with Gasteiger partial charge in [-0.3, -0.25) is 0 Å². The van der Waals surface area contributed by atoms with Crippen molar-refractivity contribution in [1.29, 1.82) is 0 Å². The number of hydrogen-bond donors (Lipinski definition) is 0. The first kappa shape index (κ1) is 19.2. The van der Waals surface area contributed by atoms with Crippen molar-refractivity contribution >= 4 is 10.8 Å². The van der Waals surface area contributed by atoms with Gasteiger partial charge in [0.05, 0.1) is 12.3 Å². The molecule has 0 aliphatic rings. The van der Waals surface area contributed by atoms with E-state index in [1.54, 1.807) is 0 Å². The van der Waals surface area contributed by atoms with Gasteiger partial charge in [0, 0.05) is 13.0 Å². The Labute approximate surface area is 172 Å². The fourth-order valence-corrected chi connectivity index (χ4v) is 4.18. The van der Waals surface area contributed by atoms with Gasteiger partial charge in [0.15, 0.2) is 5.69 Å². The lowest BCUT2D eigenvalue weighted by atomic mass is 9.84. The molecule has 0 radical (unpaired) electrons. The molecule has 0 N–H and O–H groups in total. The molecule has 0 bridgehead atoms. The highest BCUT2D eigenvalue weighted by atomic mass is 14.9. The monoisotopic (exact) mass is 375 g/mol. The molecule has 0 aliphatic carbocycles. The van der Waals surface area contributed by atoms with E-state index in [0.29, 0.717) is 12.0 Å². The number of pyridine rings is 1. The minimum atomic E-state index is 0.101. The van der Waals surface area contributed by atoms with Crippen LogP contribution >= 0.6 is 0 Å². The predicted octanol–water partition coefficient (Wildman–Crippen LogP) is 7.15. The van der Waals surface area contributed by atoms with Gasteiger partial charge in [-0.2, -0.15) is 4.57 Å². The lowest BCUT2D eigenvalue weighted by Gasteiger charge is -2.21. The minimum Gasteiger partial charge on any atom is -0.198 e. The second-order valence-electron chi connectivity index (χ2n) is 9.22. The molecule has 2 aromatic carbocycles. The molecule has 3 aromatic rings. The summed E-state index contributed by atoms with van der Waals surface area (Å²) in [5, 5.41) is 2.24. The molecule has 0 spiro atoms. The van der Waals surface area contributed by atoms with Crippen LogP contribution in [0.4, 0.5) is 0 Å². The highest BCUT2D eigenvalue weighted by Gasteiger charge is 2.23. The Morgan fingerprint density at radius 1 is 1.00 bits per heavy atom. The number of aromatic nitrogens is 1. The first-order chi connectivity index (χ1) is 13.6. The van der Waals surface area contributed by atoms with Crippen molar-refractivity contribution in [2.45, 2.75) is 72.6 Å². The van der Waals surface area contributed by atoms with Gasteiger partial charge in [-0.25, -0.2) is 0 Å². The summed E-state index contributed by atoms with van der Waals surface area (Å²) in [7, 11) is 2.10. The van der Waals surface area contributed by atoms with E-state index in [0.717, 1.165) is 23.9 Å². The summed E-state index contributed by atoms with van der Waals surface area (Å²) < 4.78 is 11.0. The van der Waals surface area contributed by atoms with Gasteiger partial charge >= 0.3 is 0 Å². The zero-order valence-corrected chi connectivity index (χ0v) is 18.9. The van der Waals surface area contributed by atoms with E-state index in [9.17, 15) is 0 Å². The highest BCUT2D eigenvalue weighted by molar-refractivity contribution is 5.94. The Hall–Kier alpha value is -2.15. The smallest absolute Gasteiger partial charge is 0.198 e. The van der Waals surface area contributed by atoms with Crippen molar-refractivity contribution in [3.05, 3.63) is 64.8 Å². The normalized spacial score (nSPS) is 12.7. The molecular formula is C27H36N+. The molecule has 28 heavy (non-hydrogen) atoms. The van der Waals surface area contributed by atoms with Gasteiger partial charge in [0.1, 0.15) is 7.05 Å². The Bertz CT molecular complexity index is 1050. The average molecular weight is 376 g/mol. The Kier molecular flexibility index (Phi) is 5.27. The van der Waals surface area contributed by atoms with Crippen molar-refractivity contribution < 1.29 is 5.94 Å². The third-order valence-electron chi connectivity index (χ3n) is 6.27. The fourth-order valence-electron chi connectivity index (χ4n) is 4.18. The van der Waals surface area contributed by atoms with Crippen molar-refractivity contribution in [3.63, 3.8) is 0 Å². The molecule has 0 saturated carbocycles. The number of hydrogen-bond acceptors (Lipinski definition) is 0. The maximum Gasteiger partial charge on any atom is 0.220 e. The van der Waals surface area contributed by atoms with Crippen LogP contribution in [0.2, 0.25) is 0 Å². The molecule has 0 saturated heterocycles. The topological polar surface area (TPSA) is 3.88 Å².